The molecule has 2 heterocycles. The first-order valence-corrected chi connectivity index (χ1v) is 6.79. The first-order chi connectivity index (χ1) is 7.48. The van der Waals surface area contributed by atoms with E-state index in [9.17, 15) is 0 Å². The van der Waals surface area contributed by atoms with Gasteiger partial charge in [0.15, 0.2) is 5.82 Å². The monoisotopic (exact) mass is 277 g/mol. The molecule has 6 heteroatoms. The van der Waals surface area contributed by atoms with Crippen LogP contribution in [-0.4, -0.2) is 33.6 Å². The van der Waals surface area contributed by atoms with Crippen molar-refractivity contribution in [1.82, 2.24) is 9.97 Å². The van der Waals surface area contributed by atoms with Crippen molar-refractivity contribution in [2.45, 2.75) is 18.6 Å². The Bertz CT molecular complexity index is 398. The largest absolute Gasteiger partial charge is 0.353 e. The molecule has 1 saturated heterocycles. The van der Waals surface area contributed by atoms with E-state index < -0.39 is 0 Å². The Kier molecular flexibility index (Phi) is 3.52. The molecule has 0 bridgehead atoms. The second-order valence-electron chi connectivity index (χ2n) is 4.34. The van der Waals surface area contributed by atoms with Crippen molar-refractivity contribution in [2.24, 2.45) is 0 Å². The van der Waals surface area contributed by atoms with Crippen LogP contribution in [0.3, 0.4) is 0 Å². The summed E-state index contributed by atoms with van der Waals surface area (Å²) in [7, 11) is 0. The van der Waals surface area contributed by atoms with Crippen molar-refractivity contribution in [3.8, 4) is 0 Å². The lowest BCUT2D eigenvalue weighted by Gasteiger charge is -2.38. The highest BCUT2D eigenvalue weighted by atomic mass is 35.5. The van der Waals surface area contributed by atoms with Crippen LogP contribution in [0.4, 0.5) is 5.82 Å². The van der Waals surface area contributed by atoms with Gasteiger partial charge in [0, 0.05) is 23.6 Å². The van der Waals surface area contributed by atoms with Crippen LogP contribution in [-0.2, 0) is 0 Å². The number of nitrogens with zero attached hydrogens (tertiary/aromatic N) is 3. The van der Waals surface area contributed by atoms with E-state index in [0.29, 0.717) is 5.02 Å². The summed E-state index contributed by atoms with van der Waals surface area (Å²) in [4.78, 5) is 10.2. The average Bonchev–Trinajstić information content (AvgIpc) is 2.20. The molecule has 1 aromatic heterocycles. The Morgan fingerprint density at radius 1 is 1.44 bits per heavy atom. The minimum absolute atomic E-state index is 0.221. The molecule has 0 saturated carbocycles. The molecular weight excluding hydrogens is 265 g/mol. The molecule has 1 aliphatic heterocycles. The van der Waals surface area contributed by atoms with E-state index in [1.54, 1.807) is 6.20 Å². The molecule has 0 amide bonds. The highest BCUT2D eigenvalue weighted by Crippen LogP contribution is 2.34. The zero-order chi connectivity index (χ0) is 11.8. The van der Waals surface area contributed by atoms with E-state index in [4.69, 9.17) is 23.2 Å². The Hall–Kier alpha value is -0.190. The number of hydrogen-bond acceptors (Lipinski definition) is 4. The van der Waals surface area contributed by atoms with Crippen LogP contribution in [0.5, 0.6) is 0 Å². The zero-order valence-corrected chi connectivity index (χ0v) is 11.5. The fourth-order valence-corrected chi connectivity index (χ4v) is 3.21. The lowest BCUT2D eigenvalue weighted by atomic mass is 10.2. The lowest BCUT2D eigenvalue weighted by Crippen LogP contribution is -2.43. The zero-order valence-electron chi connectivity index (χ0n) is 9.20. The normalized spacial score (nSPS) is 19.9. The SMILES string of the molecule is CC1(C)CN(c2nc(Cl)ncc2Cl)CCS1. The molecule has 0 aliphatic carbocycles. The molecule has 2 rings (SSSR count). The van der Waals surface area contributed by atoms with Crippen LogP contribution in [0.2, 0.25) is 10.3 Å². The Balaban J connectivity index is 2.26. The summed E-state index contributed by atoms with van der Waals surface area (Å²) in [5, 5.41) is 0.808. The van der Waals surface area contributed by atoms with Crippen LogP contribution >= 0.6 is 35.0 Å². The topological polar surface area (TPSA) is 29.0 Å². The van der Waals surface area contributed by atoms with Crippen LogP contribution in [0.25, 0.3) is 0 Å². The van der Waals surface area contributed by atoms with Gasteiger partial charge in [0.25, 0.3) is 0 Å². The minimum Gasteiger partial charge on any atom is -0.353 e. The highest BCUT2D eigenvalue weighted by Gasteiger charge is 2.28. The van der Waals surface area contributed by atoms with Gasteiger partial charge in [0.05, 0.1) is 6.20 Å². The van der Waals surface area contributed by atoms with Crippen molar-refractivity contribution in [3.63, 3.8) is 0 Å². The van der Waals surface area contributed by atoms with Crippen molar-refractivity contribution >= 4 is 40.8 Å². The molecule has 0 aromatic carbocycles. The fraction of sp³-hybridized carbons (Fsp3) is 0.600. The summed E-state index contributed by atoms with van der Waals surface area (Å²) in [5.74, 6) is 1.82. The van der Waals surface area contributed by atoms with Crippen molar-refractivity contribution in [1.29, 1.82) is 0 Å². The quantitative estimate of drug-likeness (QED) is 0.738. The first-order valence-electron chi connectivity index (χ1n) is 5.05. The Labute approximate surface area is 110 Å². The van der Waals surface area contributed by atoms with Gasteiger partial charge in [-0.05, 0) is 25.4 Å². The van der Waals surface area contributed by atoms with Gasteiger partial charge in [0.2, 0.25) is 5.28 Å². The Morgan fingerprint density at radius 3 is 2.88 bits per heavy atom. The first kappa shape index (κ1) is 12.3. The standard InChI is InChI=1S/C10H13Cl2N3S/c1-10(2)6-15(3-4-16-10)8-7(11)5-13-9(12)14-8/h5H,3-4,6H2,1-2H3. The number of halogens is 2. The van der Waals surface area contributed by atoms with Crippen LogP contribution in [0.15, 0.2) is 6.20 Å². The molecule has 3 nitrogen and oxygen atoms in total. The minimum atomic E-state index is 0.221. The number of thioether (sulfide) groups is 1. The molecule has 1 fully saturated rings. The third kappa shape index (κ3) is 2.73. The van der Waals surface area contributed by atoms with Crippen molar-refractivity contribution < 1.29 is 0 Å². The van der Waals surface area contributed by atoms with E-state index in [1.165, 1.54) is 0 Å². The summed E-state index contributed by atoms with van der Waals surface area (Å²) in [6.45, 7) is 6.31. The predicted octanol–water partition coefficient (Wildman–Crippen LogP) is 3.12. The fourth-order valence-electron chi connectivity index (χ4n) is 1.76. The second kappa shape index (κ2) is 4.59. The van der Waals surface area contributed by atoms with Crippen LogP contribution in [0, 0.1) is 0 Å². The van der Waals surface area contributed by atoms with Gasteiger partial charge in [-0.25, -0.2) is 4.98 Å². The van der Waals surface area contributed by atoms with E-state index >= 15 is 0 Å². The van der Waals surface area contributed by atoms with Gasteiger partial charge in [-0.2, -0.15) is 16.7 Å². The maximum Gasteiger partial charge on any atom is 0.224 e. The van der Waals surface area contributed by atoms with E-state index in [1.807, 2.05) is 11.8 Å². The molecule has 1 aliphatic rings. The molecule has 0 atom stereocenters. The van der Waals surface area contributed by atoms with Crippen LogP contribution < -0.4 is 4.90 Å². The van der Waals surface area contributed by atoms with Gasteiger partial charge in [-0.15, -0.1) is 0 Å². The molecular formula is C10H13Cl2N3S. The van der Waals surface area contributed by atoms with Crippen molar-refractivity contribution in [3.05, 3.63) is 16.5 Å². The summed E-state index contributed by atoms with van der Waals surface area (Å²) >= 11 is 13.9. The predicted molar refractivity (Wildman–Crippen MR) is 70.8 cm³/mol. The van der Waals surface area contributed by atoms with Gasteiger partial charge < -0.3 is 4.90 Å². The Morgan fingerprint density at radius 2 is 2.19 bits per heavy atom. The van der Waals surface area contributed by atoms with E-state index in [-0.39, 0.29) is 10.0 Å². The maximum absolute atomic E-state index is 6.09. The molecule has 0 unspecified atom stereocenters. The highest BCUT2D eigenvalue weighted by molar-refractivity contribution is 8.00. The smallest absolute Gasteiger partial charge is 0.224 e. The second-order valence-corrected chi connectivity index (χ2v) is 6.89. The molecule has 1 aromatic rings. The van der Waals surface area contributed by atoms with Gasteiger partial charge in [-0.1, -0.05) is 11.6 Å². The van der Waals surface area contributed by atoms with Gasteiger partial charge in [-0.3, -0.25) is 0 Å². The molecule has 16 heavy (non-hydrogen) atoms. The maximum atomic E-state index is 6.09. The average molecular weight is 278 g/mol. The lowest BCUT2D eigenvalue weighted by molar-refractivity contribution is 0.642. The summed E-state index contributed by atoms with van der Waals surface area (Å²) in [6, 6.07) is 0. The number of aromatic nitrogens is 2. The number of hydrogen-bond donors (Lipinski definition) is 0. The van der Waals surface area contributed by atoms with E-state index in [0.717, 1.165) is 24.7 Å². The van der Waals surface area contributed by atoms with E-state index in [2.05, 4.69) is 28.7 Å². The van der Waals surface area contributed by atoms with Gasteiger partial charge in [0.1, 0.15) is 5.02 Å². The molecule has 0 N–H and O–H groups in total. The van der Waals surface area contributed by atoms with Crippen LogP contribution in [0.1, 0.15) is 13.8 Å². The molecule has 0 spiro atoms. The summed E-state index contributed by atoms with van der Waals surface area (Å²) in [6.07, 6.45) is 1.56. The molecule has 0 radical (unpaired) electrons. The third-order valence-corrected chi connectivity index (χ3v) is 4.17. The third-order valence-electron chi connectivity index (χ3n) is 2.42. The summed E-state index contributed by atoms with van der Waals surface area (Å²) < 4.78 is 0.221. The summed E-state index contributed by atoms with van der Waals surface area (Å²) in [5.41, 5.74) is 0. The van der Waals surface area contributed by atoms with Crippen molar-refractivity contribution in [2.75, 3.05) is 23.7 Å². The number of anilines is 1. The molecule has 88 valence electrons. The number of rotatable bonds is 1. The van der Waals surface area contributed by atoms with Gasteiger partial charge >= 0.3 is 0 Å².